The second-order valence-electron chi connectivity index (χ2n) is 3.86. The van der Waals surface area contributed by atoms with Crippen LogP contribution in [-0.4, -0.2) is 11.5 Å². The molecule has 2 aromatic rings. The molecule has 0 saturated carbocycles. The van der Waals surface area contributed by atoms with Crippen molar-refractivity contribution in [2.24, 2.45) is 5.73 Å². The van der Waals surface area contributed by atoms with Crippen molar-refractivity contribution >= 4 is 11.6 Å². The fraction of sp³-hybridized carbons (Fsp3) is 0.308. The highest BCUT2D eigenvalue weighted by molar-refractivity contribution is 6.30. The standard InChI is InChI=1S/C13H15ClN2O2/c14-10-3-5-11(6-4-10)17-9-13-16-8-12(18-13)2-1-7-15/h3-6,8H,1-2,7,9,15H2. The Morgan fingerprint density at radius 1 is 1.28 bits per heavy atom. The summed E-state index contributed by atoms with van der Waals surface area (Å²) in [6.45, 7) is 0.960. The lowest BCUT2D eigenvalue weighted by Gasteiger charge is -2.02. The maximum Gasteiger partial charge on any atom is 0.232 e. The first kappa shape index (κ1) is 12.9. The molecule has 2 N–H and O–H groups in total. The van der Waals surface area contributed by atoms with E-state index in [0.29, 0.717) is 24.1 Å². The number of aromatic nitrogens is 1. The van der Waals surface area contributed by atoms with Crippen LogP contribution >= 0.6 is 11.6 Å². The van der Waals surface area contributed by atoms with Gasteiger partial charge in [-0.05, 0) is 37.2 Å². The van der Waals surface area contributed by atoms with Gasteiger partial charge in [-0.25, -0.2) is 4.98 Å². The van der Waals surface area contributed by atoms with Gasteiger partial charge in [0.1, 0.15) is 11.5 Å². The van der Waals surface area contributed by atoms with Crippen LogP contribution in [-0.2, 0) is 13.0 Å². The highest BCUT2D eigenvalue weighted by Crippen LogP contribution is 2.17. The average molecular weight is 267 g/mol. The Labute approximate surface area is 111 Å². The van der Waals surface area contributed by atoms with E-state index in [1.807, 2.05) is 0 Å². The van der Waals surface area contributed by atoms with E-state index in [-0.39, 0.29) is 0 Å². The van der Waals surface area contributed by atoms with Crippen molar-refractivity contribution in [1.29, 1.82) is 0 Å². The zero-order valence-corrected chi connectivity index (χ0v) is 10.7. The molecule has 0 atom stereocenters. The quantitative estimate of drug-likeness (QED) is 0.873. The summed E-state index contributed by atoms with van der Waals surface area (Å²) in [5.41, 5.74) is 5.43. The summed E-state index contributed by atoms with van der Waals surface area (Å²) in [5.74, 6) is 2.15. The van der Waals surface area contributed by atoms with Crippen molar-refractivity contribution < 1.29 is 9.15 Å². The second-order valence-corrected chi connectivity index (χ2v) is 4.29. The van der Waals surface area contributed by atoms with Crippen LogP contribution in [0.25, 0.3) is 0 Å². The molecule has 0 unspecified atom stereocenters. The number of aryl methyl sites for hydroxylation is 1. The minimum Gasteiger partial charge on any atom is -0.484 e. The van der Waals surface area contributed by atoms with Crippen LogP contribution in [0.3, 0.4) is 0 Å². The lowest BCUT2D eigenvalue weighted by atomic mass is 10.3. The van der Waals surface area contributed by atoms with E-state index in [1.165, 1.54) is 0 Å². The second kappa shape index (κ2) is 6.42. The Morgan fingerprint density at radius 3 is 2.78 bits per heavy atom. The Bertz CT molecular complexity index is 482. The molecular weight excluding hydrogens is 252 g/mol. The maximum absolute atomic E-state index is 5.78. The molecule has 0 spiro atoms. The maximum atomic E-state index is 5.78. The molecule has 18 heavy (non-hydrogen) atoms. The summed E-state index contributed by atoms with van der Waals surface area (Å²) in [7, 11) is 0. The van der Waals surface area contributed by atoms with Gasteiger partial charge in [0.05, 0.1) is 6.20 Å². The predicted molar refractivity (Wildman–Crippen MR) is 69.7 cm³/mol. The molecule has 0 saturated heterocycles. The molecule has 0 bridgehead atoms. The minimum absolute atomic E-state index is 0.310. The summed E-state index contributed by atoms with van der Waals surface area (Å²) in [6.07, 6.45) is 3.42. The molecule has 0 radical (unpaired) electrons. The van der Waals surface area contributed by atoms with Crippen LogP contribution in [0.15, 0.2) is 34.9 Å². The van der Waals surface area contributed by atoms with E-state index in [0.717, 1.165) is 24.4 Å². The smallest absolute Gasteiger partial charge is 0.232 e. The van der Waals surface area contributed by atoms with E-state index in [1.54, 1.807) is 30.5 Å². The first-order chi connectivity index (χ1) is 8.78. The molecule has 5 heteroatoms. The molecule has 0 fully saturated rings. The number of nitrogens with zero attached hydrogens (tertiary/aromatic N) is 1. The monoisotopic (exact) mass is 266 g/mol. The van der Waals surface area contributed by atoms with Gasteiger partial charge >= 0.3 is 0 Å². The summed E-state index contributed by atoms with van der Waals surface area (Å²) in [6, 6.07) is 7.17. The number of rotatable bonds is 6. The molecule has 96 valence electrons. The number of hydrogen-bond donors (Lipinski definition) is 1. The largest absolute Gasteiger partial charge is 0.484 e. The third-order valence-electron chi connectivity index (χ3n) is 2.40. The highest BCUT2D eigenvalue weighted by Gasteiger charge is 2.04. The summed E-state index contributed by atoms with van der Waals surface area (Å²) in [5, 5.41) is 0.683. The molecule has 1 aromatic heterocycles. The van der Waals surface area contributed by atoms with Crippen LogP contribution in [0.1, 0.15) is 18.1 Å². The van der Waals surface area contributed by atoms with Gasteiger partial charge in [0.15, 0.2) is 6.61 Å². The van der Waals surface area contributed by atoms with Gasteiger partial charge in [0, 0.05) is 11.4 Å². The molecule has 0 aliphatic carbocycles. The van der Waals surface area contributed by atoms with Crippen molar-refractivity contribution in [3.05, 3.63) is 47.1 Å². The Hall–Kier alpha value is -1.52. The Morgan fingerprint density at radius 2 is 2.06 bits per heavy atom. The summed E-state index contributed by atoms with van der Waals surface area (Å²) < 4.78 is 11.0. The summed E-state index contributed by atoms with van der Waals surface area (Å²) >= 11 is 5.78. The van der Waals surface area contributed by atoms with E-state index in [4.69, 9.17) is 26.5 Å². The van der Waals surface area contributed by atoms with E-state index < -0.39 is 0 Å². The van der Waals surface area contributed by atoms with Crippen LogP contribution in [0.4, 0.5) is 0 Å². The van der Waals surface area contributed by atoms with Crippen molar-refractivity contribution in [2.75, 3.05) is 6.54 Å². The lowest BCUT2D eigenvalue weighted by Crippen LogP contribution is -1.99. The molecule has 1 heterocycles. The average Bonchev–Trinajstić information content (AvgIpc) is 2.84. The topological polar surface area (TPSA) is 61.3 Å². The third kappa shape index (κ3) is 3.75. The number of oxazole rings is 1. The number of benzene rings is 1. The molecule has 2 rings (SSSR count). The van der Waals surface area contributed by atoms with Gasteiger partial charge in [-0.1, -0.05) is 11.6 Å². The van der Waals surface area contributed by atoms with E-state index in [2.05, 4.69) is 4.98 Å². The van der Waals surface area contributed by atoms with Crippen molar-refractivity contribution in [3.63, 3.8) is 0 Å². The zero-order valence-electron chi connectivity index (χ0n) is 9.93. The van der Waals surface area contributed by atoms with Crippen LogP contribution < -0.4 is 10.5 Å². The zero-order chi connectivity index (χ0) is 12.8. The number of nitrogens with two attached hydrogens (primary N) is 1. The van der Waals surface area contributed by atoms with Gasteiger partial charge in [0.2, 0.25) is 5.89 Å². The van der Waals surface area contributed by atoms with Crippen LogP contribution in [0, 0.1) is 0 Å². The predicted octanol–water partition coefficient (Wildman–Crippen LogP) is 2.80. The number of hydrogen-bond acceptors (Lipinski definition) is 4. The fourth-order valence-electron chi connectivity index (χ4n) is 1.48. The first-order valence-corrected chi connectivity index (χ1v) is 6.18. The normalized spacial score (nSPS) is 10.6. The lowest BCUT2D eigenvalue weighted by molar-refractivity contribution is 0.258. The molecular formula is C13H15ClN2O2. The highest BCUT2D eigenvalue weighted by atomic mass is 35.5. The Balaban J connectivity index is 1.86. The fourth-order valence-corrected chi connectivity index (χ4v) is 1.61. The van der Waals surface area contributed by atoms with Crippen LogP contribution in [0.5, 0.6) is 5.75 Å². The molecule has 1 aromatic carbocycles. The third-order valence-corrected chi connectivity index (χ3v) is 2.66. The van der Waals surface area contributed by atoms with E-state index >= 15 is 0 Å². The molecule has 0 aliphatic heterocycles. The number of halogens is 1. The first-order valence-electron chi connectivity index (χ1n) is 5.80. The van der Waals surface area contributed by atoms with Gasteiger partial charge in [0.25, 0.3) is 0 Å². The Kier molecular flexibility index (Phi) is 4.61. The van der Waals surface area contributed by atoms with Crippen LogP contribution in [0.2, 0.25) is 5.02 Å². The van der Waals surface area contributed by atoms with Gasteiger partial charge in [-0.2, -0.15) is 0 Å². The van der Waals surface area contributed by atoms with Gasteiger partial charge < -0.3 is 14.9 Å². The van der Waals surface area contributed by atoms with E-state index in [9.17, 15) is 0 Å². The molecule has 0 amide bonds. The van der Waals surface area contributed by atoms with Gasteiger partial charge in [-0.15, -0.1) is 0 Å². The minimum atomic E-state index is 0.310. The molecule has 4 nitrogen and oxygen atoms in total. The summed E-state index contributed by atoms with van der Waals surface area (Å²) in [4.78, 5) is 4.14. The SMILES string of the molecule is NCCCc1cnc(COc2ccc(Cl)cc2)o1. The van der Waals surface area contributed by atoms with Gasteiger partial charge in [-0.3, -0.25) is 0 Å². The van der Waals surface area contributed by atoms with Crippen molar-refractivity contribution in [2.45, 2.75) is 19.4 Å². The van der Waals surface area contributed by atoms with Crippen molar-refractivity contribution in [1.82, 2.24) is 4.98 Å². The molecule has 0 aliphatic rings. The number of ether oxygens (including phenoxy) is 1. The van der Waals surface area contributed by atoms with Crippen molar-refractivity contribution in [3.8, 4) is 5.75 Å².